The van der Waals surface area contributed by atoms with Crippen molar-refractivity contribution in [2.75, 3.05) is 0 Å². The molecule has 2 aromatic rings. The summed E-state index contributed by atoms with van der Waals surface area (Å²) in [4.78, 5) is 0. The number of aromatic nitrogens is 2. The molecule has 0 saturated carbocycles. The van der Waals surface area contributed by atoms with Crippen molar-refractivity contribution in [1.29, 1.82) is 0 Å². The summed E-state index contributed by atoms with van der Waals surface area (Å²) in [6.07, 6.45) is 2.75. The highest BCUT2D eigenvalue weighted by atomic mass is 15.3. The second-order valence-electron chi connectivity index (χ2n) is 5.50. The third kappa shape index (κ3) is 2.71. The van der Waals surface area contributed by atoms with E-state index < -0.39 is 0 Å². The maximum atomic E-state index is 6.36. The van der Waals surface area contributed by atoms with Gasteiger partial charge in [-0.15, -0.1) is 0 Å². The van der Waals surface area contributed by atoms with E-state index in [4.69, 9.17) is 5.73 Å². The molecule has 1 heterocycles. The van der Waals surface area contributed by atoms with Gasteiger partial charge < -0.3 is 5.73 Å². The predicted octanol–water partition coefficient (Wildman–Crippen LogP) is 2.90. The Hall–Kier alpha value is -1.61. The smallest absolute Gasteiger partial charge is 0.0540 e. The molecule has 0 aliphatic rings. The number of hydrogen-bond acceptors (Lipinski definition) is 2. The van der Waals surface area contributed by atoms with Crippen molar-refractivity contribution < 1.29 is 0 Å². The Labute approximate surface area is 115 Å². The lowest BCUT2D eigenvalue weighted by Crippen LogP contribution is -2.15. The maximum Gasteiger partial charge on any atom is 0.0540 e. The highest BCUT2D eigenvalue weighted by molar-refractivity contribution is 5.39. The summed E-state index contributed by atoms with van der Waals surface area (Å²) in [6, 6.07) is 4.46. The van der Waals surface area contributed by atoms with Crippen LogP contribution in [0.2, 0.25) is 0 Å². The van der Waals surface area contributed by atoms with Gasteiger partial charge in [-0.05, 0) is 50.8 Å². The molecule has 1 aromatic heterocycles. The Morgan fingerprint density at radius 3 is 2.21 bits per heavy atom. The standard InChI is InChI=1S/C16H23N3/c1-10-6-11(2)14(12(3)7-10)8-16(17)15-9-18-19(5)13(15)4/h6-7,9,16H,8,17H2,1-5H3. The number of nitrogens with zero attached hydrogens (tertiary/aromatic N) is 2. The molecule has 102 valence electrons. The van der Waals surface area contributed by atoms with E-state index in [1.807, 2.05) is 17.9 Å². The predicted molar refractivity (Wildman–Crippen MR) is 79.2 cm³/mol. The Bertz CT molecular complexity index is 573. The van der Waals surface area contributed by atoms with Crippen molar-refractivity contribution in [3.05, 3.63) is 51.8 Å². The lowest BCUT2D eigenvalue weighted by atomic mass is 9.92. The van der Waals surface area contributed by atoms with Gasteiger partial charge >= 0.3 is 0 Å². The first-order chi connectivity index (χ1) is 8.90. The molecule has 2 rings (SSSR count). The number of benzene rings is 1. The van der Waals surface area contributed by atoms with Crippen LogP contribution in [0.5, 0.6) is 0 Å². The summed E-state index contributed by atoms with van der Waals surface area (Å²) >= 11 is 0. The number of rotatable bonds is 3. The Morgan fingerprint density at radius 2 is 1.74 bits per heavy atom. The minimum Gasteiger partial charge on any atom is -0.324 e. The lowest BCUT2D eigenvalue weighted by Gasteiger charge is -2.16. The molecule has 0 saturated heterocycles. The van der Waals surface area contributed by atoms with E-state index in [-0.39, 0.29) is 6.04 Å². The molecule has 0 spiro atoms. The fourth-order valence-corrected chi connectivity index (χ4v) is 2.74. The van der Waals surface area contributed by atoms with Gasteiger partial charge in [0.15, 0.2) is 0 Å². The molecule has 0 radical (unpaired) electrons. The van der Waals surface area contributed by atoms with Gasteiger partial charge in [-0.1, -0.05) is 17.7 Å². The van der Waals surface area contributed by atoms with Crippen LogP contribution in [0, 0.1) is 27.7 Å². The van der Waals surface area contributed by atoms with Gasteiger partial charge in [0.1, 0.15) is 0 Å². The van der Waals surface area contributed by atoms with Gasteiger partial charge in [0.25, 0.3) is 0 Å². The fourth-order valence-electron chi connectivity index (χ4n) is 2.74. The van der Waals surface area contributed by atoms with Crippen LogP contribution < -0.4 is 5.73 Å². The van der Waals surface area contributed by atoms with Gasteiger partial charge in [-0.3, -0.25) is 4.68 Å². The molecule has 1 unspecified atom stereocenters. The largest absolute Gasteiger partial charge is 0.324 e. The quantitative estimate of drug-likeness (QED) is 0.918. The van der Waals surface area contributed by atoms with Crippen molar-refractivity contribution in [1.82, 2.24) is 9.78 Å². The molecule has 0 aliphatic carbocycles. The highest BCUT2D eigenvalue weighted by Crippen LogP contribution is 2.24. The zero-order valence-corrected chi connectivity index (χ0v) is 12.5. The molecule has 0 amide bonds. The zero-order chi connectivity index (χ0) is 14.2. The minimum atomic E-state index is 0.00815. The third-order valence-corrected chi connectivity index (χ3v) is 3.94. The van der Waals surface area contributed by atoms with E-state index >= 15 is 0 Å². The van der Waals surface area contributed by atoms with Gasteiger partial charge in [0, 0.05) is 24.3 Å². The summed E-state index contributed by atoms with van der Waals surface area (Å²) < 4.78 is 1.88. The molecule has 19 heavy (non-hydrogen) atoms. The average Bonchev–Trinajstić information content (AvgIpc) is 2.64. The average molecular weight is 257 g/mol. The van der Waals surface area contributed by atoms with E-state index in [1.165, 1.54) is 22.3 Å². The molecular weight excluding hydrogens is 234 g/mol. The highest BCUT2D eigenvalue weighted by Gasteiger charge is 2.15. The number of aryl methyl sites for hydroxylation is 4. The van der Waals surface area contributed by atoms with Crippen LogP contribution in [0.25, 0.3) is 0 Å². The first kappa shape index (κ1) is 13.8. The van der Waals surface area contributed by atoms with Crippen molar-refractivity contribution >= 4 is 0 Å². The third-order valence-electron chi connectivity index (χ3n) is 3.94. The fraction of sp³-hybridized carbons (Fsp3) is 0.438. The van der Waals surface area contributed by atoms with Crippen LogP contribution in [-0.2, 0) is 13.5 Å². The van der Waals surface area contributed by atoms with Crippen LogP contribution in [-0.4, -0.2) is 9.78 Å². The Morgan fingerprint density at radius 1 is 1.16 bits per heavy atom. The number of nitrogens with two attached hydrogens (primary N) is 1. The van der Waals surface area contributed by atoms with E-state index in [9.17, 15) is 0 Å². The van der Waals surface area contributed by atoms with Crippen LogP contribution >= 0.6 is 0 Å². The van der Waals surface area contributed by atoms with Crippen LogP contribution in [0.1, 0.15) is 39.6 Å². The van der Waals surface area contributed by atoms with E-state index in [0.29, 0.717) is 0 Å². The normalized spacial score (nSPS) is 12.7. The first-order valence-electron chi connectivity index (χ1n) is 6.71. The Kier molecular flexibility index (Phi) is 3.76. The topological polar surface area (TPSA) is 43.8 Å². The van der Waals surface area contributed by atoms with Gasteiger partial charge in [-0.25, -0.2) is 0 Å². The number of hydrogen-bond donors (Lipinski definition) is 1. The van der Waals surface area contributed by atoms with Gasteiger partial charge in [0.2, 0.25) is 0 Å². The van der Waals surface area contributed by atoms with E-state index in [0.717, 1.165) is 17.7 Å². The second kappa shape index (κ2) is 5.17. The van der Waals surface area contributed by atoms with Crippen molar-refractivity contribution in [2.24, 2.45) is 12.8 Å². The molecular formula is C16H23N3. The molecule has 2 N–H and O–H groups in total. The summed E-state index contributed by atoms with van der Waals surface area (Å²) in [6.45, 7) is 8.53. The zero-order valence-electron chi connectivity index (χ0n) is 12.5. The molecule has 3 heteroatoms. The molecule has 1 atom stereocenters. The van der Waals surface area contributed by atoms with Crippen molar-refractivity contribution in [2.45, 2.75) is 40.2 Å². The van der Waals surface area contributed by atoms with E-state index in [2.05, 4.69) is 44.9 Å². The molecule has 3 nitrogen and oxygen atoms in total. The van der Waals surface area contributed by atoms with E-state index in [1.54, 1.807) is 0 Å². The summed E-state index contributed by atoms with van der Waals surface area (Å²) in [5.74, 6) is 0. The molecule has 0 bridgehead atoms. The van der Waals surface area contributed by atoms with Crippen LogP contribution in [0.3, 0.4) is 0 Å². The van der Waals surface area contributed by atoms with Crippen molar-refractivity contribution in [3.8, 4) is 0 Å². The van der Waals surface area contributed by atoms with Gasteiger partial charge in [0.05, 0.1) is 6.20 Å². The molecule has 1 aromatic carbocycles. The van der Waals surface area contributed by atoms with Crippen LogP contribution in [0.15, 0.2) is 18.3 Å². The molecule has 0 fully saturated rings. The lowest BCUT2D eigenvalue weighted by molar-refractivity contribution is 0.696. The summed E-state index contributed by atoms with van der Waals surface area (Å²) in [7, 11) is 1.95. The summed E-state index contributed by atoms with van der Waals surface area (Å²) in [5.41, 5.74) is 14.0. The SMILES string of the molecule is Cc1cc(C)c(CC(N)c2cnn(C)c2C)c(C)c1. The summed E-state index contributed by atoms with van der Waals surface area (Å²) in [5, 5.41) is 4.27. The minimum absolute atomic E-state index is 0.00815. The maximum absolute atomic E-state index is 6.36. The molecule has 0 aliphatic heterocycles. The monoisotopic (exact) mass is 257 g/mol. The van der Waals surface area contributed by atoms with Crippen molar-refractivity contribution in [3.63, 3.8) is 0 Å². The first-order valence-corrected chi connectivity index (χ1v) is 6.71. The van der Waals surface area contributed by atoms with Gasteiger partial charge in [-0.2, -0.15) is 5.10 Å². The second-order valence-corrected chi connectivity index (χ2v) is 5.50. The van der Waals surface area contributed by atoms with Crippen LogP contribution in [0.4, 0.5) is 0 Å². The Balaban J connectivity index is 2.29.